The van der Waals surface area contributed by atoms with Gasteiger partial charge in [-0.05, 0) is 62.2 Å². The predicted octanol–water partition coefficient (Wildman–Crippen LogP) is 5.82. The lowest BCUT2D eigenvalue weighted by Crippen LogP contribution is -2.40. The Morgan fingerprint density at radius 1 is 1.17 bits per heavy atom. The standard InChI is InChI=1S/C30H24ClN3O5S2/c1-4-39-29(36)26-18(3)32-30-33(27(26)21-7-5-6-8-22(21)31)28(35)25(41-30)16-19-11-14-24(23(15-19)34(37)38)40-20-12-9-17(2)10-13-20/h5-16,27H,4H2,1-3H3/b25-16+/t27-/m0/s1. The second-order valence-electron chi connectivity index (χ2n) is 9.22. The van der Waals surface area contributed by atoms with Crippen LogP contribution in [0.5, 0.6) is 0 Å². The predicted molar refractivity (Wildman–Crippen MR) is 160 cm³/mol. The minimum absolute atomic E-state index is 0.0634. The zero-order chi connectivity index (χ0) is 29.3. The zero-order valence-electron chi connectivity index (χ0n) is 22.3. The number of benzene rings is 3. The molecule has 5 rings (SSSR count). The van der Waals surface area contributed by atoms with Crippen molar-refractivity contribution in [3.05, 3.63) is 130 Å². The molecule has 0 aliphatic carbocycles. The van der Waals surface area contributed by atoms with Gasteiger partial charge >= 0.3 is 5.97 Å². The molecular formula is C30H24ClN3O5S2. The van der Waals surface area contributed by atoms with Crippen molar-refractivity contribution < 1.29 is 14.5 Å². The Morgan fingerprint density at radius 2 is 1.90 bits per heavy atom. The number of hydrogen-bond donors (Lipinski definition) is 0. The largest absolute Gasteiger partial charge is 0.463 e. The van der Waals surface area contributed by atoms with Crippen molar-refractivity contribution in [2.75, 3.05) is 6.61 Å². The highest BCUT2D eigenvalue weighted by Gasteiger charge is 2.34. The second-order valence-corrected chi connectivity index (χ2v) is 11.8. The fraction of sp³-hybridized carbons (Fsp3) is 0.167. The van der Waals surface area contributed by atoms with Crippen LogP contribution in [-0.2, 0) is 9.53 Å². The van der Waals surface area contributed by atoms with Crippen LogP contribution >= 0.6 is 34.7 Å². The lowest BCUT2D eigenvalue weighted by atomic mass is 9.96. The van der Waals surface area contributed by atoms with Crippen LogP contribution in [0.25, 0.3) is 6.08 Å². The van der Waals surface area contributed by atoms with Crippen LogP contribution in [0.15, 0.2) is 97.6 Å². The average Bonchev–Trinajstić information content (AvgIpc) is 3.24. The van der Waals surface area contributed by atoms with E-state index < -0.39 is 22.5 Å². The highest BCUT2D eigenvalue weighted by Crippen LogP contribution is 2.36. The highest BCUT2D eigenvalue weighted by atomic mass is 35.5. The third-order valence-electron chi connectivity index (χ3n) is 6.44. The number of fused-ring (bicyclic) bond motifs is 1. The highest BCUT2D eigenvalue weighted by molar-refractivity contribution is 7.99. The first kappa shape index (κ1) is 28.5. The normalized spacial score (nSPS) is 14.9. The molecule has 11 heteroatoms. The number of thiazole rings is 1. The number of aryl methyl sites for hydroxylation is 1. The third-order valence-corrected chi connectivity index (χ3v) is 8.84. The molecule has 208 valence electrons. The van der Waals surface area contributed by atoms with Crippen molar-refractivity contribution in [1.29, 1.82) is 0 Å². The number of aromatic nitrogens is 1. The number of hydrogen-bond acceptors (Lipinski definition) is 8. The fourth-order valence-electron chi connectivity index (χ4n) is 4.52. The van der Waals surface area contributed by atoms with Gasteiger partial charge in [0.25, 0.3) is 11.2 Å². The van der Waals surface area contributed by atoms with Gasteiger partial charge in [0.2, 0.25) is 0 Å². The fourth-order valence-corrected chi connectivity index (χ4v) is 6.71. The van der Waals surface area contributed by atoms with Crippen LogP contribution < -0.4 is 14.9 Å². The summed E-state index contributed by atoms with van der Waals surface area (Å²) >= 11 is 8.98. The Kier molecular flexibility index (Phi) is 8.25. The van der Waals surface area contributed by atoms with Crippen molar-refractivity contribution >= 4 is 52.4 Å². The lowest BCUT2D eigenvalue weighted by Gasteiger charge is -2.25. The maximum absolute atomic E-state index is 13.8. The summed E-state index contributed by atoms with van der Waals surface area (Å²) in [6, 6.07) is 18.8. The molecule has 2 heterocycles. The molecule has 41 heavy (non-hydrogen) atoms. The molecule has 0 amide bonds. The van der Waals surface area contributed by atoms with Crippen LogP contribution in [-0.4, -0.2) is 22.1 Å². The summed E-state index contributed by atoms with van der Waals surface area (Å²) in [5.41, 5.74) is 2.35. The van der Waals surface area contributed by atoms with Crippen molar-refractivity contribution in [2.45, 2.75) is 36.6 Å². The van der Waals surface area contributed by atoms with Gasteiger partial charge < -0.3 is 4.74 Å². The summed E-state index contributed by atoms with van der Waals surface area (Å²) in [6.07, 6.45) is 1.60. The Morgan fingerprint density at radius 3 is 2.59 bits per heavy atom. The number of esters is 1. The number of nitro groups is 1. The van der Waals surface area contributed by atoms with Crippen LogP contribution in [0.4, 0.5) is 5.69 Å². The molecule has 0 saturated heterocycles. The van der Waals surface area contributed by atoms with E-state index in [9.17, 15) is 19.7 Å². The Bertz CT molecular complexity index is 1890. The molecule has 0 bridgehead atoms. The SMILES string of the molecule is CCOC(=O)C1=C(C)N=c2s/c(=C/c3ccc(Sc4ccc(C)cc4)c([N+](=O)[O-])c3)c(=O)n2[C@H]1c1ccccc1Cl. The molecule has 1 aliphatic rings. The summed E-state index contributed by atoms with van der Waals surface area (Å²) in [6.45, 7) is 5.54. The molecule has 8 nitrogen and oxygen atoms in total. The van der Waals surface area contributed by atoms with E-state index in [1.807, 2.05) is 31.2 Å². The van der Waals surface area contributed by atoms with E-state index in [4.69, 9.17) is 16.3 Å². The molecule has 1 aliphatic heterocycles. The first-order valence-corrected chi connectivity index (χ1v) is 14.7. The first-order chi connectivity index (χ1) is 19.7. The molecule has 0 fully saturated rings. The van der Waals surface area contributed by atoms with Crippen molar-refractivity contribution in [3.63, 3.8) is 0 Å². The average molecular weight is 606 g/mol. The molecule has 0 unspecified atom stereocenters. The Labute approximate surface area is 248 Å². The van der Waals surface area contributed by atoms with Crippen molar-refractivity contribution in [1.82, 2.24) is 4.57 Å². The van der Waals surface area contributed by atoms with Gasteiger partial charge in [-0.2, -0.15) is 0 Å². The smallest absolute Gasteiger partial charge is 0.338 e. The molecule has 1 aromatic heterocycles. The number of carbonyl (C=O) groups is 1. The molecule has 0 spiro atoms. The van der Waals surface area contributed by atoms with E-state index in [1.165, 1.54) is 22.4 Å². The van der Waals surface area contributed by atoms with Gasteiger partial charge in [-0.3, -0.25) is 19.5 Å². The van der Waals surface area contributed by atoms with Crippen LogP contribution in [0.1, 0.15) is 36.6 Å². The number of ether oxygens (including phenoxy) is 1. The summed E-state index contributed by atoms with van der Waals surface area (Å²) in [5.74, 6) is -0.578. The van der Waals surface area contributed by atoms with Gasteiger partial charge in [-0.1, -0.05) is 76.7 Å². The van der Waals surface area contributed by atoms with E-state index >= 15 is 0 Å². The summed E-state index contributed by atoms with van der Waals surface area (Å²) in [5, 5.41) is 12.3. The molecule has 0 radical (unpaired) electrons. The first-order valence-electron chi connectivity index (χ1n) is 12.6. The second kappa shape index (κ2) is 11.9. The van der Waals surface area contributed by atoms with Crippen LogP contribution in [0, 0.1) is 17.0 Å². The maximum atomic E-state index is 13.8. The van der Waals surface area contributed by atoms with Gasteiger partial charge in [0.15, 0.2) is 4.80 Å². The van der Waals surface area contributed by atoms with Gasteiger partial charge in [0.05, 0.1) is 32.2 Å². The minimum atomic E-state index is -0.844. The third kappa shape index (κ3) is 5.76. The maximum Gasteiger partial charge on any atom is 0.338 e. The van der Waals surface area contributed by atoms with E-state index in [0.717, 1.165) is 21.8 Å². The van der Waals surface area contributed by atoms with Gasteiger partial charge in [0, 0.05) is 16.0 Å². The molecule has 3 aromatic carbocycles. The number of nitrogens with zero attached hydrogens (tertiary/aromatic N) is 3. The lowest BCUT2D eigenvalue weighted by molar-refractivity contribution is -0.387. The summed E-state index contributed by atoms with van der Waals surface area (Å²) in [4.78, 5) is 44.7. The Hall–Kier alpha value is -3.99. The zero-order valence-corrected chi connectivity index (χ0v) is 24.7. The van der Waals surface area contributed by atoms with Gasteiger partial charge in [-0.25, -0.2) is 9.79 Å². The van der Waals surface area contributed by atoms with Crippen LogP contribution in [0.3, 0.4) is 0 Å². The number of allylic oxidation sites excluding steroid dienone is 1. The van der Waals surface area contributed by atoms with E-state index in [2.05, 4.69) is 4.99 Å². The Balaban J connectivity index is 1.62. The quantitative estimate of drug-likeness (QED) is 0.149. The number of carbonyl (C=O) groups excluding carboxylic acids is 1. The van der Waals surface area contributed by atoms with Gasteiger partial charge in [-0.15, -0.1) is 0 Å². The minimum Gasteiger partial charge on any atom is -0.463 e. The van der Waals surface area contributed by atoms with Crippen molar-refractivity contribution in [3.8, 4) is 0 Å². The van der Waals surface area contributed by atoms with E-state index in [-0.39, 0.29) is 17.9 Å². The molecular weight excluding hydrogens is 582 g/mol. The number of nitro benzene ring substituents is 1. The molecule has 0 N–H and O–H groups in total. The molecule has 0 saturated carbocycles. The monoisotopic (exact) mass is 605 g/mol. The van der Waals surface area contributed by atoms with Crippen LogP contribution in [0.2, 0.25) is 5.02 Å². The van der Waals surface area contributed by atoms with E-state index in [0.29, 0.717) is 36.1 Å². The van der Waals surface area contributed by atoms with E-state index in [1.54, 1.807) is 56.3 Å². The number of rotatable bonds is 7. The molecule has 4 aromatic rings. The number of halogens is 1. The topological polar surface area (TPSA) is 104 Å². The van der Waals surface area contributed by atoms with Gasteiger partial charge in [0.1, 0.15) is 6.04 Å². The summed E-state index contributed by atoms with van der Waals surface area (Å²) in [7, 11) is 0. The van der Waals surface area contributed by atoms with Crippen molar-refractivity contribution in [2.24, 2.45) is 4.99 Å². The summed E-state index contributed by atoms with van der Waals surface area (Å²) < 4.78 is 7.06. The molecule has 1 atom stereocenters.